The van der Waals surface area contributed by atoms with Crippen LogP contribution in [0.3, 0.4) is 0 Å². The van der Waals surface area contributed by atoms with Gasteiger partial charge in [0.15, 0.2) is 11.5 Å². The third kappa shape index (κ3) is 7.03. The summed E-state index contributed by atoms with van der Waals surface area (Å²) in [4.78, 5) is 41.8. The van der Waals surface area contributed by atoms with Crippen LogP contribution in [0, 0.1) is 0 Å². The summed E-state index contributed by atoms with van der Waals surface area (Å²) in [5.74, 6) is 0.901. The summed E-state index contributed by atoms with van der Waals surface area (Å²) in [6.07, 6.45) is 8.72. The monoisotopic (exact) mass is 557 g/mol. The minimum Gasteiger partial charge on any atom is -0.493 e. The number of nitrogens with two attached hydrogens (primary N) is 1. The zero-order valence-corrected chi connectivity index (χ0v) is 22.6. The molecule has 1 atom stereocenters. The Morgan fingerprint density at radius 2 is 1.78 bits per heavy atom. The Labute approximate surface area is 236 Å². The summed E-state index contributed by atoms with van der Waals surface area (Å²) in [5.41, 5.74) is 7.70. The molecule has 0 bridgehead atoms. The number of ether oxygens (including phenoxy) is 3. The lowest BCUT2D eigenvalue weighted by Crippen LogP contribution is -2.35. The first kappa shape index (κ1) is 27.7. The van der Waals surface area contributed by atoms with Gasteiger partial charge in [0.05, 0.1) is 37.3 Å². The van der Waals surface area contributed by atoms with Gasteiger partial charge in [-0.3, -0.25) is 14.9 Å². The van der Waals surface area contributed by atoms with E-state index in [1.165, 1.54) is 25.8 Å². The zero-order valence-electron chi connectivity index (χ0n) is 22.6. The highest BCUT2D eigenvalue weighted by atomic mass is 16.5. The molecular formula is C29H31N7O5. The molecule has 12 heteroatoms. The topological polar surface area (TPSA) is 163 Å². The maximum absolute atomic E-state index is 12.3. The first-order chi connectivity index (χ1) is 20.0. The highest BCUT2D eigenvalue weighted by molar-refractivity contribution is 6.03. The van der Waals surface area contributed by atoms with Crippen LogP contribution in [0.2, 0.25) is 0 Å². The molecule has 1 unspecified atom stereocenters. The van der Waals surface area contributed by atoms with E-state index in [1.54, 1.807) is 36.4 Å². The number of hydrogen-bond donors (Lipinski definition) is 3. The molecule has 1 aliphatic carbocycles. The molecular weight excluding hydrogens is 526 g/mol. The fourth-order valence-corrected chi connectivity index (χ4v) is 4.46. The van der Waals surface area contributed by atoms with Crippen LogP contribution in [0.1, 0.15) is 42.5 Å². The Hall–Kier alpha value is -4.84. The number of fused-ring (bicyclic) bond motifs is 1. The number of esters is 1. The van der Waals surface area contributed by atoms with Crippen LogP contribution in [0.15, 0.2) is 61.2 Å². The smallest absolute Gasteiger partial charge is 0.323 e. The number of nitrogens with zero attached hydrogens (tertiary/aromatic N) is 4. The highest BCUT2D eigenvalue weighted by Gasteiger charge is 2.23. The molecule has 41 heavy (non-hydrogen) atoms. The second-order valence-corrected chi connectivity index (χ2v) is 9.57. The van der Waals surface area contributed by atoms with Crippen LogP contribution in [-0.4, -0.2) is 57.7 Å². The number of benzene rings is 2. The molecule has 0 spiro atoms. The van der Waals surface area contributed by atoms with Gasteiger partial charge >= 0.3 is 5.97 Å². The van der Waals surface area contributed by atoms with Crippen molar-refractivity contribution in [1.29, 1.82) is 0 Å². The van der Waals surface area contributed by atoms with Crippen molar-refractivity contribution in [1.82, 2.24) is 19.9 Å². The average molecular weight is 558 g/mol. The molecule has 4 N–H and O–H groups in total. The van der Waals surface area contributed by atoms with Crippen molar-refractivity contribution in [3.8, 4) is 11.5 Å². The number of carbonyl (C=O) groups excluding carboxylic acids is 2. The quantitative estimate of drug-likeness (QED) is 0.228. The molecule has 5 rings (SSSR count). The molecule has 4 aromatic rings. The van der Waals surface area contributed by atoms with E-state index in [1.807, 2.05) is 6.07 Å². The lowest BCUT2D eigenvalue weighted by Gasteiger charge is -2.17. The Kier molecular flexibility index (Phi) is 8.79. The molecule has 212 valence electrons. The Morgan fingerprint density at radius 3 is 2.51 bits per heavy atom. The Bertz CT molecular complexity index is 1500. The minimum absolute atomic E-state index is 0.0254. The van der Waals surface area contributed by atoms with Gasteiger partial charge in [0.2, 0.25) is 5.95 Å². The van der Waals surface area contributed by atoms with Crippen molar-refractivity contribution >= 4 is 40.2 Å². The SMILES string of the molecule is COc1cc2c(Nc3cnc(NC(=O)c4ccccc4)nc3)ncnc2cc1OCCC(N)C(=O)OC1CCCC1. The first-order valence-electron chi connectivity index (χ1n) is 13.4. The van der Waals surface area contributed by atoms with Crippen molar-refractivity contribution in [2.24, 2.45) is 5.73 Å². The fourth-order valence-electron chi connectivity index (χ4n) is 4.46. The highest BCUT2D eigenvalue weighted by Crippen LogP contribution is 2.35. The van der Waals surface area contributed by atoms with Gasteiger partial charge in [-0.15, -0.1) is 0 Å². The molecule has 12 nitrogen and oxygen atoms in total. The largest absolute Gasteiger partial charge is 0.493 e. The average Bonchev–Trinajstić information content (AvgIpc) is 3.51. The van der Waals surface area contributed by atoms with Crippen LogP contribution in [-0.2, 0) is 9.53 Å². The third-order valence-electron chi connectivity index (χ3n) is 6.67. The van der Waals surface area contributed by atoms with Gasteiger partial charge in [0, 0.05) is 23.4 Å². The van der Waals surface area contributed by atoms with E-state index in [2.05, 4.69) is 30.6 Å². The summed E-state index contributed by atoms with van der Waals surface area (Å²) in [6, 6.07) is 11.6. The Balaban J connectivity index is 1.22. The van der Waals surface area contributed by atoms with Gasteiger partial charge in [0.1, 0.15) is 24.3 Å². The van der Waals surface area contributed by atoms with E-state index in [9.17, 15) is 9.59 Å². The third-order valence-corrected chi connectivity index (χ3v) is 6.67. The predicted octanol–water partition coefficient (Wildman–Crippen LogP) is 4.01. The summed E-state index contributed by atoms with van der Waals surface area (Å²) >= 11 is 0. The number of methoxy groups -OCH3 is 1. The summed E-state index contributed by atoms with van der Waals surface area (Å²) in [5, 5.41) is 6.52. The van der Waals surface area contributed by atoms with E-state index in [0.29, 0.717) is 45.9 Å². The van der Waals surface area contributed by atoms with E-state index in [4.69, 9.17) is 19.9 Å². The van der Waals surface area contributed by atoms with Crippen LogP contribution in [0.5, 0.6) is 11.5 Å². The number of anilines is 3. The number of rotatable bonds is 11. The van der Waals surface area contributed by atoms with E-state index >= 15 is 0 Å². The minimum atomic E-state index is -0.763. The summed E-state index contributed by atoms with van der Waals surface area (Å²) in [7, 11) is 1.53. The number of nitrogens with one attached hydrogen (secondary N) is 2. The molecule has 2 aromatic heterocycles. The second-order valence-electron chi connectivity index (χ2n) is 9.57. The van der Waals surface area contributed by atoms with Gasteiger partial charge in [0.25, 0.3) is 5.91 Å². The number of amides is 1. The molecule has 1 saturated carbocycles. The van der Waals surface area contributed by atoms with E-state index in [0.717, 1.165) is 25.7 Å². The lowest BCUT2D eigenvalue weighted by molar-refractivity contribution is -0.150. The lowest BCUT2D eigenvalue weighted by atomic mass is 10.2. The van der Waals surface area contributed by atoms with Gasteiger partial charge in [-0.05, 0) is 43.9 Å². The Morgan fingerprint density at radius 1 is 1.02 bits per heavy atom. The van der Waals surface area contributed by atoms with Crippen LogP contribution < -0.4 is 25.8 Å². The van der Waals surface area contributed by atoms with Gasteiger partial charge in [-0.1, -0.05) is 18.2 Å². The van der Waals surface area contributed by atoms with Crippen molar-refractivity contribution in [2.75, 3.05) is 24.4 Å². The van der Waals surface area contributed by atoms with Crippen molar-refractivity contribution in [3.63, 3.8) is 0 Å². The van der Waals surface area contributed by atoms with E-state index in [-0.39, 0.29) is 24.6 Å². The zero-order chi connectivity index (χ0) is 28.6. The number of aromatic nitrogens is 4. The summed E-state index contributed by atoms with van der Waals surface area (Å²) < 4.78 is 16.9. The normalized spacial score (nSPS) is 13.9. The van der Waals surface area contributed by atoms with Gasteiger partial charge in [-0.25, -0.2) is 19.9 Å². The van der Waals surface area contributed by atoms with Gasteiger partial charge < -0.3 is 25.3 Å². The van der Waals surface area contributed by atoms with Crippen LogP contribution in [0.4, 0.5) is 17.5 Å². The number of carbonyl (C=O) groups is 2. The predicted molar refractivity (Wildman–Crippen MR) is 152 cm³/mol. The fraction of sp³-hybridized carbons (Fsp3) is 0.310. The maximum Gasteiger partial charge on any atom is 0.323 e. The van der Waals surface area contributed by atoms with Crippen molar-refractivity contribution in [3.05, 3.63) is 66.7 Å². The molecule has 1 fully saturated rings. The van der Waals surface area contributed by atoms with Crippen LogP contribution >= 0.6 is 0 Å². The second kappa shape index (κ2) is 13.0. The van der Waals surface area contributed by atoms with Gasteiger partial charge in [-0.2, -0.15) is 0 Å². The molecule has 2 heterocycles. The standard InChI is InChI=1S/C29H31N7O5/c1-39-24-13-21-23(14-25(24)40-12-11-22(30)28(38)41-20-9-5-6-10-20)33-17-34-26(21)35-19-15-31-29(32-16-19)36-27(37)18-7-3-2-4-8-18/h2-4,7-8,13-17,20,22H,5-6,9-12,30H2,1H3,(H,33,34,35)(H,31,32,36,37). The first-order valence-corrected chi connectivity index (χ1v) is 13.4. The van der Waals surface area contributed by atoms with Crippen LogP contribution in [0.25, 0.3) is 10.9 Å². The molecule has 2 aromatic carbocycles. The van der Waals surface area contributed by atoms with Crippen molar-refractivity contribution < 1.29 is 23.8 Å². The molecule has 1 aliphatic rings. The summed E-state index contributed by atoms with van der Waals surface area (Å²) in [6.45, 7) is 0.198. The molecule has 0 aliphatic heterocycles. The molecule has 0 radical (unpaired) electrons. The number of hydrogen-bond acceptors (Lipinski definition) is 11. The van der Waals surface area contributed by atoms with Crippen molar-refractivity contribution in [2.45, 2.75) is 44.2 Å². The maximum atomic E-state index is 12.3. The van der Waals surface area contributed by atoms with E-state index < -0.39 is 12.0 Å². The molecule has 0 saturated heterocycles. The molecule has 1 amide bonds.